The average molecular weight is 469 g/mol. The van der Waals surface area contributed by atoms with Crippen LogP contribution in [-0.2, 0) is 16.1 Å². The van der Waals surface area contributed by atoms with Crippen LogP contribution in [0.25, 0.3) is 11.6 Å². The van der Waals surface area contributed by atoms with Crippen molar-refractivity contribution >= 4 is 17.5 Å². The number of carbonyl (C=O) groups excluding carboxylic acids is 2. The maximum absolute atomic E-state index is 13.6. The molecule has 1 atom stereocenters. The SMILES string of the molecule is CCCC(C(=O)NC(C)(C)C)N(C(=O)Cn1nnc(-c2ccc(C)o2)n1)c1ccc(OC)cc1. The smallest absolute Gasteiger partial charge is 0.251 e. The van der Waals surface area contributed by atoms with Crippen molar-refractivity contribution in [2.24, 2.45) is 0 Å². The third-order valence-electron chi connectivity index (χ3n) is 4.98. The van der Waals surface area contributed by atoms with Gasteiger partial charge in [0.15, 0.2) is 5.76 Å². The Balaban J connectivity index is 1.92. The summed E-state index contributed by atoms with van der Waals surface area (Å²) in [6, 6.07) is 9.87. The minimum absolute atomic E-state index is 0.193. The van der Waals surface area contributed by atoms with Crippen LogP contribution in [0.1, 0.15) is 46.3 Å². The van der Waals surface area contributed by atoms with Crippen LogP contribution < -0.4 is 15.0 Å². The second kappa shape index (κ2) is 10.5. The molecule has 182 valence electrons. The number of methoxy groups -OCH3 is 1. The van der Waals surface area contributed by atoms with E-state index in [-0.39, 0.29) is 24.2 Å². The van der Waals surface area contributed by atoms with E-state index in [9.17, 15) is 9.59 Å². The molecular weight excluding hydrogens is 436 g/mol. The first-order valence-corrected chi connectivity index (χ1v) is 11.2. The van der Waals surface area contributed by atoms with Crippen molar-refractivity contribution < 1.29 is 18.7 Å². The van der Waals surface area contributed by atoms with Gasteiger partial charge in [0.2, 0.25) is 11.7 Å². The third kappa shape index (κ3) is 6.21. The molecule has 1 unspecified atom stereocenters. The average Bonchev–Trinajstić information content (AvgIpc) is 3.41. The Morgan fingerprint density at radius 2 is 1.88 bits per heavy atom. The second-order valence-corrected chi connectivity index (χ2v) is 9.06. The quantitative estimate of drug-likeness (QED) is 0.512. The lowest BCUT2D eigenvalue weighted by Crippen LogP contribution is -2.54. The number of aromatic nitrogens is 4. The Labute approximate surface area is 199 Å². The Morgan fingerprint density at radius 3 is 2.44 bits per heavy atom. The Kier molecular flexibility index (Phi) is 7.70. The van der Waals surface area contributed by atoms with Gasteiger partial charge in [0.1, 0.15) is 24.1 Å². The Morgan fingerprint density at radius 1 is 1.18 bits per heavy atom. The van der Waals surface area contributed by atoms with Gasteiger partial charge in [-0.2, -0.15) is 4.80 Å². The number of aryl methyl sites for hydroxylation is 1. The number of tetrazole rings is 1. The van der Waals surface area contributed by atoms with E-state index in [4.69, 9.17) is 9.15 Å². The van der Waals surface area contributed by atoms with Crippen molar-refractivity contribution in [3.8, 4) is 17.3 Å². The highest BCUT2D eigenvalue weighted by Crippen LogP contribution is 2.24. The molecule has 0 saturated carbocycles. The topological polar surface area (TPSA) is 115 Å². The summed E-state index contributed by atoms with van der Waals surface area (Å²) < 4.78 is 10.8. The number of benzene rings is 1. The van der Waals surface area contributed by atoms with Crippen molar-refractivity contribution in [2.75, 3.05) is 12.0 Å². The molecule has 1 aromatic carbocycles. The minimum atomic E-state index is -0.708. The molecule has 0 fully saturated rings. The number of nitrogens with zero attached hydrogens (tertiary/aromatic N) is 5. The van der Waals surface area contributed by atoms with Crippen molar-refractivity contribution in [1.29, 1.82) is 0 Å². The van der Waals surface area contributed by atoms with Crippen LogP contribution in [0.15, 0.2) is 40.8 Å². The highest BCUT2D eigenvalue weighted by Gasteiger charge is 2.33. The van der Waals surface area contributed by atoms with Gasteiger partial charge in [0.25, 0.3) is 5.91 Å². The van der Waals surface area contributed by atoms with E-state index < -0.39 is 11.6 Å². The number of anilines is 1. The summed E-state index contributed by atoms with van der Waals surface area (Å²) in [5.74, 6) is 1.56. The summed E-state index contributed by atoms with van der Waals surface area (Å²) in [4.78, 5) is 29.5. The van der Waals surface area contributed by atoms with E-state index >= 15 is 0 Å². The molecule has 0 aliphatic carbocycles. The number of carbonyl (C=O) groups is 2. The third-order valence-corrected chi connectivity index (χ3v) is 4.98. The van der Waals surface area contributed by atoms with Gasteiger partial charge >= 0.3 is 0 Å². The van der Waals surface area contributed by atoms with Gasteiger partial charge in [-0.3, -0.25) is 14.5 Å². The van der Waals surface area contributed by atoms with Crippen LogP contribution in [0.4, 0.5) is 5.69 Å². The van der Waals surface area contributed by atoms with E-state index in [1.807, 2.05) is 34.6 Å². The van der Waals surface area contributed by atoms with Crippen molar-refractivity contribution in [1.82, 2.24) is 25.5 Å². The largest absolute Gasteiger partial charge is 0.497 e. The maximum Gasteiger partial charge on any atom is 0.251 e. The molecule has 10 nitrogen and oxygen atoms in total. The highest BCUT2D eigenvalue weighted by molar-refractivity contribution is 6.00. The van der Waals surface area contributed by atoms with E-state index in [1.54, 1.807) is 43.5 Å². The van der Waals surface area contributed by atoms with E-state index in [2.05, 4.69) is 20.7 Å². The molecule has 0 aliphatic heterocycles. The Hall–Kier alpha value is -3.69. The molecule has 0 saturated heterocycles. The molecule has 3 aromatic rings. The molecule has 0 spiro atoms. The number of nitrogens with one attached hydrogen (secondary N) is 1. The molecule has 0 radical (unpaired) electrons. The maximum atomic E-state index is 13.6. The fraction of sp³-hybridized carbons (Fsp3) is 0.458. The molecule has 2 aromatic heterocycles. The van der Waals surface area contributed by atoms with Crippen molar-refractivity contribution in [2.45, 2.75) is 65.6 Å². The van der Waals surface area contributed by atoms with Gasteiger partial charge in [-0.15, -0.1) is 10.2 Å². The van der Waals surface area contributed by atoms with E-state index in [0.29, 0.717) is 30.0 Å². The summed E-state index contributed by atoms with van der Waals surface area (Å²) in [7, 11) is 1.57. The lowest BCUT2D eigenvalue weighted by Gasteiger charge is -2.33. The fourth-order valence-corrected chi connectivity index (χ4v) is 3.51. The second-order valence-electron chi connectivity index (χ2n) is 9.06. The first-order chi connectivity index (χ1) is 16.1. The van der Waals surface area contributed by atoms with Gasteiger partial charge in [0.05, 0.1) is 7.11 Å². The zero-order valence-electron chi connectivity index (χ0n) is 20.5. The molecule has 3 rings (SSSR count). The van der Waals surface area contributed by atoms with Crippen molar-refractivity contribution in [3.05, 3.63) is 42.2 Å². The standard InChI is InChI=1S/C24H32N6O4/c1-7-8-19(23(32)25-24(3,4)5)30(17-10-12-18(33-6)13-11-17)21(31)15-29-27-22(26-28-29)20-14-9-16(2)34-20/h9-14,19H,7-8,15H2,1-6H3,(H,25,32). The van der Waals surface area contributed by atoms with Crippen LogP contribution in [0.2, 0.25) is 0 Å². The van der Waals surface area contributed by atoms with Gasteiger partial charge < -0.3 is 14.5 Å². The first-order valence-electron chi connectivity index (χ1n) is 11.2. The fourth-order valence-electron chi connectivity index (χ4n) is 3.51. The number of ether oxygens (including phenoxy) is 1. The minimum Gasteiger partial charge on any atom is -0.497 e. The zero-order chi connectivity index (χ0) is 24.9. The number of hydrogen-bond acceptors (Lipinski definition) is 7. The van der Waals surface area contributed by atoms with Crippen LogP contribution in [-0.4, -0.2) is 50.7 Å². The predicted octanol–water partition coefficient (Wildman–Crippen LogP) is 3.37. The monoisotopic (exact) mass is 468 g/mol. The lowest BCUT2D eigenvalue weighted by molar-refractivity contribution is -0.128. The molecule has 0 bridgehead atoms. The zero-order valence-corrected chi connectivity index (χ0v) is 20.5. The van der Waals surface area contributed by atoms with Gasteiger partial charge in [-0.05, 0) is 75.7 Å². The van der Waals surface area contributed by atoms with Crippen LogP contribution >= 0.6 is 0 Å². The summed E-state index contributed by atoms with van der Waals surface area (Å²) >= 11 is 0. The summed E-state index contributed by atoms with van der Waals surface area (Å²) in [6.45, 7) is 9.33. The van der Waals surface area contributed by atoms with Gasteiger partial charge in [-0.1, -0.05) is 13.3 Å². The number of rotatable bonds is 9. The number of furan rings is 1. The molecule has 0 aliphatic rings. The molecule has 1 N–H and O–H groups in total. The summed E-state index contributed by atoms with van der Waals surface area (Å²) in [5, 5.41) is 15.3. The highest BCUT2D eigenvalue weighted by atomic mass is 16.5. The van der Waals surface area contributed by atoms with Crippen LogP contribution in [0.3, 0.4) is 0 Å². The molecule has 10 heteroatoms. The van der Waals surface area contributed by atoms with Crippen LogP contribution in [0.5, 0.6) is 5.75 Å². The number of amides is 2. The number of hydrogen-bond donors (Lipinski definition) is 1. The molecular formula is C24H32N6O4. The molecule has 2 amide bonds. The first kappa shape index (κ1) is 24.9. The molecule has 34 heavy (non-hydrogen) atoms. The summed E-state index contributed by atoms with van der Waals surface area (Å²) in [5.41, 5.74) is 0.136. The van der Waals surface area contributed by atoms with Crippen LogP contribution in [0, 0.1) is 6.92 Å². The lowest BCUT2D eigenvalue weighted by atomic mass is 10.0. The summed E-state index contributed by atoms with van der Waals surface area (Å²) in [6.07, 6.45) is 1.20. The normalized spacial score (nSPS) is 12.3. The van der Waals surface area contributed by atoms with Gasteiger partial charge in [-0.25, -0.2) is 0 Å². The van der Waals surface area contributed by atoms with Crippen molar-refractivity contribution in [3.63, 3.8) is 0 Å². The van der Waals surface area contributed by atoms with Gasteiger partial charge in [0, 0.05) is 11.2 Å². The van der Waals surface area contributed by atoms with E-state index in [0.717, 1.165) is 5.76 Å². The predicted molar refractivity (Wildman–Crippen MR) is 127 cm³/mol. The molecule has 2 heterocycles. The van der Waals surface area contributed by atoms with E-state index in [1.165, 1.54) is 9.70 Å². The Bertz CT molecular complexity index is 1110.